The largest absolute Gasteiger partial charge is 0.496 e. The number of rotatable bonds is 3. The third-order valence-electron chi connectivity index (χ3n) is 5.23. The minimum absolute atomic E-state index is 0.0254. The normalized spacial score (nSPS) is 15.5. The summed E-state index contributed by atoms with van der Waals surface area (Å²) in [6, 6.07) is 7.36. The first-order valence-corrected chi connectivity index (χ1v) is 9.10. The van der Waals surface area contributed by atoms with Gasteiger partial charge in [-0.1, -0.05) is 32.0 Å². The summed E-state index contributed by atoms with van der Waals surface area (Å²) in [5, 5.41) is 0.313. The number of nitrogens with zero attached hydrogens (tertiary/aromatic N) is 2. The van der Waals surface area contributed by atoms with Crippen molar-refractivity contribution in [2.24, 2.45) is 5.41 Å². The summed E-state index contributed by atoms with van der Waals surface area (Å²) in [7, 11) is 1.56. The van der Waals surface area contributed by atoms with Crippen molar-refractivity contribution in [1.29, 1.82) is 0 Å². The molecule has 0 unspecified atom stereocenters. The van der Waals surface area contributed by atoms with Crippen molar-refractivity contribution in [3.8, 4) is 5.75 Å². The van der Waals surface area contributed by atoms with Crippen LogP contribution in [-0.2, 0) is 13.0 Å². The molecule has 1 aliphatic carbocycles. The summed E-state index contributed by atoms with van der Waals surface area (Å²) in [5.74, 6) is 0.616. The monoisotopic (exact) mass is 379 g/mol. The maximum atomic E-state index is 12.7. The van der Waals surface area contributed by atoms with E-state index in [0.717, 1.165) is 5.56 Å². The highest BCUT2D eigenvalue weighted by atomic mass is 16.5. The third kappa shape index (κ3) is 2.93. The van der Waals surface area contributed by atoms with Crippen LogP contribution < -0.4 is 16.0 Å². The van der Waals surface area contributed by atoms with Gasteiger partial charge in [-0.25, -0.2) is 9.78 Å². The Morgan fingerprint density at radius 3 is 2.68 bits per heavy atom. The molecule has 0 fully saturated rings. The number of carbonyl (C=O) groups excluding carboxylic acids is 1. The fourth-order valence-electron chi connectivity index (χ4n) is 3.95. The molecular weight excluding hydrogens is 358 g/mol. The van der Waals surface area contributed by atoms with Crippen LogP contribution in [0.15, 0.2) is 40.1 Å². The fraction of sp³-hybridized carbons (Fsp3) is 0.333. The minimum atomic E-state index is -0.544. The Labute approximate surface area is 161 Å². The van der Waals surface area contributed by atoms with Crippen LogP contribution in [0.2, 0.25) is 0 Å². The molecule has 0 atom stereocenters. The Hall–Kier alpha value is -3.22. The van der Waals surface area contributed by atoms with Crippen LogP contribution in [0, 0.1) is 5.41 Å². The predicted octanol–water partition coefficient (Wildman–Crippen LogP) is 2.30. The second-order valence-electron chi connectivity index (χ2n) is 7.95. The molecule has 1 N–H and O–H groups in total. The summed E-state index contributed by atoms with van der Waals surface area (Å²) >= 11 is 0. The number of para-hydroxylation sites is 1. The van der Waals surface area contributed by atoms with Crippen molar-refractivity contribution in [1.82, 2.24) is 14.5 Å². The van der Waals surface area contributed by atoms with Gasteiger partial charge >= 0.3 is 5.69 Å². The Morgan fingerprint density at radius 2 is 1.93 bits per heavy atom. The number of methoxy groups -OCH3 is 1. The topological polar surface area (TPSA) is 94.1 Å². The van der Waals surface area contributed by atoms with E-state index in [-0.39, 0.29) is 23.4 Å². The SMILES string of the molecule is COc1ccccc1Cn1c(=O)[nH]c(=O)c2c3c(cnc21)C(=O)CC(C)(C)C3. The Bertz CT molecular complexity index is 1220. The van der Waals surface area contributed by atoms with Gasteiger partial charge in [0.1, 0.15) is 11.4 Å². The number of ketones is 1. The molecule has 0 aliphatic heterocycles. The second-order valence-corrected chi connectivity index (χ2v) is 7.95. The van der Waals surface area contributed by atoms with Crippen LogP contribution in [-0.4, -0.2) is 27.4 Å². The van der Waals surface area contributed by atoms with E-state index < -0.39 is 11.2 Å². The first-order chi connectivity index (χ1) is 13.3. The number of carbonyl (C=O) groups is 1. The van der Waals surface area contributed by atoms with Gasteiger partial charge in [-0.05, 0) is 23.5 Å². The number of ether oxygens (including phenoxy) is 1. The van der Waals surface area contributed by atoms with Gasteiger partial charge in [-0.15, -0.1) is 0 Å². The molecule has 0 saturated heterocycles. The van der Waals surface area contributed by atoms with Crippen LogP contribution in [0.1, 0.15) is 41.8 Å². The van der Waals surface area contributed by atoms with E-state index in [4.69, 9.17) is 4.74 Å². The molecule has 144 valence electrons. The maximum Gasteiger partial charge on any atom is 0.330 e. The van der Waals surface area contributed by atoms with Crippen molar-refractivity contribution in [3.05, 3.63) is 68.0 Å². The highest BCUT2D eigenvalue weighted by Crippen LogP contribution is 2.36. The van der Waals surface area contributed by atoms with E-state index in [1.54, 1.807) is 7.11 Å². The van der Waals surface area contributed by atoms with Crippen LogP contribution in [0.3, 0.4) is 0 Å². The molecule has 2 aromatic heterocycles. The van der Waals surface area contributed by atoms with Gasteiger partial charge in [0.25, 0.3) is 5.56 Å². The average Bonchev–Trinajstić information content (AvgIpc) is 2.63. The second kappa shape index (κ2) is 6.44. The fourth-order valence-corrected chi connectivity index (χ4v) is 3.95. The van der Waals surface area contributed by atoms with Gasteiger partial charge in [0.2, 0.25) is 0 Å². The number of Topliss-reactive ketones (excluding diaryl/α,β-unsaturated/α-hetero) is 1. The zero-order valence-electron chi connectivity index (χ0n) is 16.0. The number of nitrogens with one attached hydrogen (secondary N) is 1. The highest BCUT2D eigenvalue weighted by Gasteiger charge is 2.33. The lowest BCUT2D eigenvalue weighted by molar-refractivity contribution is 0.0912. The smallest absolute Gasteiger partial charge is 0.330 e. The van der Waals surface area contributed by atoms with Crippen molar-refractivity contribution < 1.29 is 9.53 Å². The molecule has 7 nitrogen and oxygen atoms in total. The first kappa shape index (κ1) is 18.2. The maximum absolute atomic E-state index is 12.7. The number of aromatic nitrogens is 3. The molecule has 0 bridgehead atoms. The molecular formula is C21H21N3O4. The lowest BCUT2D eigenvalue weighted by atomic mass is 9.73. The Morgan fingerprint density at radius 1 is 1.18 bits per heavy atom. The zero-order chi connectivity index (χ0) is 20.1. The molecule has 0 saturated carbocycles. The summed E-state index contributed by atoms with van der Waals surface area (Å²) < 4.78 is 6.79. The van der Waals surface area contributed by atoms with E-state index in [2.05, 4.69) is 9.97 Å². The summed E-state index contributed by atoms with van der Waals surface area (Å²) in [6.07, 6.45) is 2.47. The van der Waals surface area contributed by atoms with Crippen LogP contribution in [0.25, 0.3) is 11.0 Å². The summed E-state index contributed by atoms with van der Waals surface area (Å²) in [4.78, 5) is 44.5. The van der Waals surface area contributed by atoms with Gasteiger partial charge in [0, 0.05) is 23.7 Å². The van der Waals surface area contributed by atoms with Gasteiger partial charge in [0.05, 0.1) is 19.0 Å². The predicted molar refractivity (Wildman–Crippen MR) is 105 cm³/mol. The van der Waals surface area contributed by atoms with Gasteiger partial charge < -0.3 is 4.74 Å². The Kier molecular flexibility index (Phi) is 4.18. The lowest BCUT2D eigenvalue weighted by Gasteiger charge is -2.30. The zero-order valence-corrected chi connectivity index (χ0v) is 16.0. The number of hydrogen-bond donors (Lipinski definition) is 1. The lowest BCUT2D eigenvalue weighted by Crippen LogP contribution is -2.34. The van der Waals surface area contributed by atoms with Gasteiger partial charge in [0.15, 0.2) is 5.78 Å². The molecule has 7 heteroatoms. The highest BCUT2D eigenvalue weighted by molar-refractivity contribution is 6.02. The molecule has 2 heterocycles. The molecule has 1 aromatic carbocycles. The Balaban J connectivity index is 1.98. The summed E-state index contributed by atoms with van der Waals surface area (Å²) in [6.45, 7) is 4.19. The van der Waals surface area contributed by atoms with Crippen LogP contribution >= 0.6 is 0 Å². The molecule has 28 heavy (non-hydrogen) atoms. The van der Waals surface area contributed by atoms with Gasteiger partial charge in [-0.2, -0.15) is 0 Å². The van der Waals surface area contributed by atoms with E-state index >= 15 is 0 Å². The average molecular weight is 379 g/mol. The number of benzene rings is 1. The number of fused-ring (bicyclic) bond motifs is 3. The number of pyridine rings is 1. The minimum Gasteiger partial charge on any atom is -0.496 e. The van der Waals surface area contributed by atoms with E-state index in [1.807, 2.05) is 38.1 Å². The van der Waals surface area contributed by atoms with Crippen LogP contribution in [0.5, 0.6) is 5.75 Å². The standard InChI is InChI=1S/C21H21N3O4/c1-21(2)8-13-14(15(25)9-21)10-22-18-17(13)19(26)23-20(27)24(18)11-12-6-4-5-7-16(12)28-3/h4-7,10H,8-9,11H2,1-3H3,(H,23,26,27). The van der Waals surface area contributed by atoms with Crippen molar-refractivity contribution in [3.63, 3.8) is 0 Å². The van der Waals surface area contributed by atoms with Crippen molar-refractivity contribution >= 4 is 16.8 Å². The molecule has 4 rings (SSSR count). The number of H-pyrrole nitrogens is 1. The van der Waals surface area contributed by atoms with E-state index in [0.29, 0.717) is 35.1 Å². The summed E-state index contributed by atoms with van der Waals surface area (Å²) in [5.41, 5.74) is 0.902. The van der Waals surface area contributed by atoms with Crippen molar-refractivity contribution in [2.75, 3.05) is 7.11 Å². The van der Waals surface area contributed by atoms with Crippen LogP contribution in [0.4, 0.5) is 0 Å². The van der Waals surface area contributed by atoms with Crippen molar-refractivity contribution in [2.45, 2.75) is 33.2 Å². The van der Waals surface area contributed by atoms with E-state index in [1.165, 1.54) is 10.8 Å². The molecule has 0 amide bonds. The van der Waals surface area contributed by atoms with Gasteiger partial charge in [-0.3, -0.25) is 19.1 Å². The molecule has 0 spiro atoms. The number of aromatic amines is 1. The first-order valence-electron chi connectivity index (χ1n) is 9.10. The molecule has 1 aliphatic rings. The number of hydrogen-bond acceptors (Lipinski definition) is 5. The quantitative estimate of drug-likeness (QED) is 0.754. The molecule has 0 radical (unpaired) electrons. The molecule has 3 aromatic rings. The third-order valence-corrected chi connectivity index (χ3v) is 5.23. The van der Waals surface area contributed by atoms with E-state index in [9.17, 15) is 14.4 Å².